The van der Waals surface area contributed by atoms with E-state index in [0.29, 0.717) is 0 Å². The summed E-state index contributed by atoms with van der Waals surface area (Å²) in [5.41, 5.74) is 13.4. The molecule has 0 heterocycles. The summed E-state index contributed by atoms with van der Waals surface area (Å²) < 4.78 is 8.34. The van der Waals surface area contributed by atoms with Gasteiger partial charge in [-0.05, 0) is 143 Å². The van der Waals surface area contributed by atoms with Gasteiger partial charge >= 0.3 is 0 Å². The summed E-state index contributed by atoms with van der Waals surface area (Å²) in [5.74, 6) is 0.788. The minimum atomic E-state index is 0.0847. The number of rotatable bonds is 11. The molecule has 0 saturated carbocycles. The second-order valence-corrected chi connectivity index (χ2v) is 19.0. The van der Waals surface area contributed by atoms with Crippen molar-refractivity contribution in [3.05, 3.63) is 174 Å². The van der Waals surface area contributed by atoms with Crippen LogP contribution < -0.4 is 18.3 Å². The first-order valence-corrected chi connectivity index (χ1v) is 21.0. The number of hydrogen-bond acceptors (Lipinski definition) is 5. The van der Waals surface area contributed by atoms with E-state index < -0.39 is 0 Å². The van der Waals surface area contributed by atoms with E-state index in [4.69, 9.17) is 4.18 Å². The van der Waals surface area contributed by atoms with Gasteiger partial charge in [-0.2, -0.15) is 0 Å². The maximum atomic E-state index is 6.29. The Morgan fingerprint density at radius 1 is 0.509 bits per heavy atom. The summed E-state index contributed by atoms with van der Waals surface area (Å²) in [6.07, 6.45) is 11.0. The average molecular weight is 776 g/mol. The van der Waals surface area contributed by atoms with Crippen LogP contribution >= 0.6 is 12.2 Å². The van der Waals surface area contributed by atoms with E-state index in [2.05, 4.69) is 229 Å². The van der Waals surface area contributed by atoms with Gasteiger partial charge in [0.25, 0.3) is 0 Å². The monoisotopic (exact) mass is 775 g/mol. The van der Waals surface area contributed by atoms with Crippen LogP contribution in [-0.2, 0) is 17.3 Å². The molecule has 5 aromatic rings. The summed E-state index contributed by atoms with van der Waals surface area (Å²) in [5, 5.41) is 0. The zero-order valence-corrected chi connectivity index (χ0v) is 36.7. The van der Waals surface area contributed by atoms with E-state index in [-0.39, 0.29) is 16.2 Å². The van der Waals surface area contributed by atoms with Crippen LogP contribution in [-0.4, -0.2) is 7.05 Å². The molecule has 5 heteroatoms. The van der Waals surface area contributed by atoms with Gasteiger partial charge in [0.1, 0.15) is 5.75 Å². The fourth-order valence-corrected chi connectivity index (χ4v) is 7.44. The molecule has 0 radical (unpaired) electrons. The molecule has 0 aromatic heterocycles. The quantitative estimate of drug-likeness (QED) is 0.0980. The molecular formula is C52H61N3OS. The van der Waals surface area contributed by atoms with Crippen LogP contribution in [0.5, 0.6) is 5.75 Å². The van der Waals surface area contributed by atoms with Crippen LogP contribution in [0.25, 0.3) is 0 Å². The van der Waals surface area contributed by atoms with E-state index in [1.807, 2.05) is 7.05 Å². The molecule has 0 unspecified atom stereocenters. The molecule has 0 fully saturated rings. The van der Waals surface area contributed by atoms with Gasteiger partial charge in [0.05, 0.1) is 0 Å². The Labute approximate surface area is 347 Å². The van der Waals surface area contributed by atoms with Crippen molar-refractivity contribution < 1.29 is 4.18 Å². The average Bonchev–Trinajstić information content (AvgIpc) is 3.45. The zero-order chi connectivity index (χ0) is 41.0. The number of anilines is 6. The molecule has 57 heavy (non-hydrogen) atoms. The Hall–Kier alpha value is -5.13. The standard InChI is InChI=1S/C52H61N3OS/c1-12-38-16-23-44(24-17-38)55(46-28-21-41(22-29-46)52(8,9)10)47-32-30-42(31-33-47)53(11)57-56-49-36-34-48(35-37-49)54(45-26-19-40(20-27-45)51(5,6)7)43-15-13-14-39(18-25-43)50(2,3)4/h13,15-37H,12,14H2,1-11H3. The number of aryl methyl sites for hydroxylation is 1. The van der Waals surface area contributed by atoms with E-state index >= 15 is 0 Å². The topological polar surface area (TPSA) is 19.0 Å². The highest BCUT2D eigenvalue weighted by Crippen LogP contribution is 2.39. The number of allylic oxidation sites excluding steroid dienone is 5. The number of hydrogen-bond donors (Lipinski definition) is 0. The predicted molar refractivity (Wildman–Crippen MR) is 249 cm³/mol. The third kappa shape index (κ3) is 10.3. The van der Waals surface area contributed by atoms with E-state index in [0.717, 1.165) is 58.4 Å². The van der Waals surface area contributed by atoms with Crippen molar-refractivity contribution in [3.63, 3.8) is 0 Å². The molecule has 5 aromatic carbocycles. The molecule has 4 nitrogen and oxygen atoms in total. The summed E-state index contributed by atoms with van der Waals surface area (Å²) in [6.45, 7) is 22.6. The fraction of sp³-hybridized carbons (Fsp3) is 0.308. The lowest BCUT2D eigenvalue weighted by Crippen LogP contribution is -2.16. The predicted octanol–water partition coefficient (Wildman–Crippen LogP) is 15.3. The van der Waals surface area contributed by atoms with Crippen molar-refractivity contribution in [1.82, 2.24) is 0 Å². The van der Waals surface area contributed by atoms with Crippen LogP contribution in [0.2, 0.25) is 0 Å². The van der Waals surface area contributed by atoms with Gasteiger partial charge in [0.2, 0.25) is 0 Å². The van der Waals surface area contributed by atoms with Gasteiger partial charge in [-0.3, -0.25) is 4.31 Å². The van der Waals surface area contributed by atoms with E-state index in [9.17, 15) is 0 Å². The highest BCUT2D eigenvalue weighted by atomic mass is 32.2. The third-order valence-corrected chi connectivity index (χ3v) is 11.4. The Morgan fingerprint density at radius 2 is 0.930 bits per heavy atom. The molecule has 1 aliphatic carbocycles. The smallest absolute Gasteiger partial charge is 0.179 e. The molecular weight excluding hydrogens is 715 g/mol. The lowest BCUT2D eigenvalue weighted by atomic mass is 9.84. The fourth-order valence-electron chi connectivity index (χ4n) is 6.92. The van der Waals surface area contributed by atoms with Crippen molar-refractivity contribution in [3.8, 4) is 5.75 Å². The normalized spacial score (nSPS) is 13.4. The van der Waals surface area contributed by atoms with Gasteiger partial charge in [-0.25, -0.2) is 0 Å². The van der Waals surface area contributed by atoms with Crippen LogP contribution in [0.15, 0.2) is 157 Å². The zero-order valence-electron chi connectivity index (χ0n) is 35.9. The summed E-state index contributed by atoms with van der Waals surface area (Å²) in [6, 6.07) is 43.9. The first-order chi connectivity index (χ1) is 27.0. The lowest BCUT2D eigenvalue weighted by molar-refractivity contribution is 0.494. The van der Waals surface area contributed by atoms with Gasteiger partial charge < -0.3 is 14.0 Å². The molecule has 0 bridgehead atoms. The van der Waals surface area contributed by atoms with Gasteiger partial charge in [0, 0.05) is 46.9 Å². The largest absolute Gasteiger partial charge is 0.405 e. The summed E-state index contributed by atoms with van der Waals surface area (Å²) >= 11 is 1.32. The van der Waals surface area contributed by atoms with Crippen molar-refractivity contribution in [2.45, 2.75) is 92.9 Å². The molecule has 296 valence electrons. The molecule has 0 atom stereocenters. The maximum absolute atomic E-state index is 6.29. The first kappa shape index (κ1) is 41.5. The second-order valence-electron chi connectivity index (χ2n) is 18.1. The molecule has 0 aliphatic heterocycles. The Bertz CT molecular complexity index is 2180. The van der Waals surface area contributed by atoms with Crippen molar-refractivity contribution >= 4 is 46.4 Å². The summed E-state index contributed by atoms with van der Waals surface area (Å²) in [7, 11) is 2.04. The van der Waals surface area contributed by atoms with Gasteiger partial charge in [0.15, 0.2) is 12.2 Å². The van der Waals surface area contributed by atoms with Crippen LogP contribution in [0.1, 0.15) is 92.3 Å². The van der Waals surface area contributed by atoms with Crippen molar-refractivity contribution in [1.29, 1.82) is 0 Å². The molecule has 0 spiro atoms. The maximum Gasteiger partial charge on any atom is 0.179 e. The van der Waals surface area contributed by atoms with Crippen LogP contribution in [0, 0.1) is 5.41 Å². The first-order valence-electron chi connectivity index (χ1n) is 20.3. The van der Waals surface area contributed by atoms with Crippen LogP contribution in [0.4, 0.5) is 34.1 Å². The molecule has 0 amide bonds. The molecule has 0 saturated heterocycles. The SMILES string of the molecule is CCc1ccc(N(c2ccc(N(C)SOc3ccc(N(C4=CC=C(C(C)(C)C)CC=C4)c4ccc(C(C)(C)C)cc4)cc3)cc2)c2ccc(C(C)(C)C)cc2)cc1. The molecule has 0 N–H and O–H groups in total. The van der Waals surface area contributed by atoms with Crippen molar-refractivity contribution in [2.24, 2.45) is 5.41 Å². The minimum absolute atomic E-state index is 0.0847. The molecule has 6 rings (SSSR count). The lowest BCUT2D eigenvalue weighted by Gasteiger charge is -2.28. The van der Waals surface area contributed by atoms with Gasteiger partial charge in [-0.1, -0.05) is 123 Å². The third-order valence-electron chi connectivity index (χ3n) is 10.7. The second kappa shape index (κ2) is 17.2. The number of benzene rings is 5. The highest BCUT2D eigenvalue weighted by molar-refractivity contribution is 7.96. The Kier molecular flexibility index (Phi) is 12.5. The number of nitrogens with zero attached hydrogens (tertiary/aromatic N) is 3. The highest BCUT2D eigenvalue weighted by Gasteiger charge is 2.21. The van der Waals surface area contributed by atoms with E-state index in [1.165, 1.54) is 34.5 Å². The van der Waals surface area contributed by atoms with Crippen LogP contribution in [0.3, 0.4) is 0 Å². The minimum Gasteiger partial charge on any atom is -0.405 e. The van der Waals surface area contributed by atoms with E-state index in [1.54, 1.807) is 0 Å². The molecule has 1 aliphatic rings. The van der Waals surface area contributed by atoms with Crippen molar-refractivity contribution in [2.75, 3.05) is 21.2 Å². The van der Waals surface area contributed by atoms with Gasteiger partial charge in [-0.15, -0.1) is 0 Å². The summed E-state index contributed by atoms with van der Waals surface area (Å²) in [4.78, 5) is 4.65. The Morgan fingerprint density at radius 3 is 1.39 bits per heavy atom. The Balaban J connectivity index is 1.20.